The number of aliphatic imine (C=N–C) groups is 1. The van der Waals surface area contributed by atoms with Gasteiger partial charge in [0.05, 0.1) is 5.69 Å². The van der Waals surface area contributed by atoms with Gasteiger partial charge in [-0.05, 0) is 47.8 Å². The number of fused-ring (bicyclic) bond motifs is 1. The molecule has 0 amide bonds. The van der Waals surface area contributed by atoms with E-state index in [1.165, 1.54) is 16.8 Å². The fourth-order valence-corrected chi connectivity index (χ4v) is 11.2. The van der Waals surface area contributed by atoms with Crippen LogP contribution in [0.3, 0.4) is 0 Å². The smallest absolute Gasteiger partial charge is 0.169 e. The lowest BCUT2D eigenvalue weighted by Gasteiger charge is -2.45. The molecule has 1 aromatic rings. The summed E-state index contributed by atoms with van der Waals surface area (Å²) in [7, 11) is -1.67. The lowest BCUT2D eigenvalue weighted by molar-refractivity contribution is 0.763. The zero-order chi connectivity index (χ0) is 15.8. The average molecular weight is 303 g/mol. The van der Waals surface area contributed by atoms with Crippen molar-refractivity contribution < 1.29 is 0 Å². The lowest BCUT2D eigenvalue weighted by Crippen LogP contribution is -2.52. The number of aromatic nitrogens is 1. The first-order chi connectivity index (χ1) is 9.81. The largest absolute Gasteiger partial charge is 0.372 e. The predicted octanol–water partition coefficient (Wildman–Crippen LogP) is 5.39. The number of allylic oxidation sites excluding steroid dienone is 1. The third kappa shape index (κ3) is 2.56. The van der Waals surface area contributed by atoms with E-state index in [4.69, 9.17) is 0 Å². The summed E-state index contributed by atoms with van der Waals surface area (Å²) < 4.78 is 2.65. The zero-order valence-corrected chi connectivity index (χ0v) is 15.6. The van der Waals surface area contributed by atoms with Crippen LogP contribution in [0.2, 0.25) is 16.6 Å². The third-order valence-corrected chi connectivity index (χ3v) is 11.9. The molecule has 2 rings (SSSR count). The summed E-state index contributed by atoms with van der Waals surface area (Å²) in [5.41, 5.74) is 6.25. The molecule has 3 heteroatoms. The van der Waals surface area contributed by atoms with E-state index in [-0.39, 0.29) is 0 Å². The van der Waals surface area contributed by atoms with E-state index in [9.17, 15) is 0 Å². The van der Waals surface area contributed by atoms with Gasteiger partial charge in [-0.3, -0.25) is 4.99 Å². The van der Waals surface area contributed by atoms with Gasteiger partial charge in [0, 0.05) is 12.4 Å². The van der Waals surface area contributed by atoms with Crippen molar-refractivity contribution in [3.63, 3.8) is 0 Å². The normalized spacial score (nSPS) is 15.6. The molecule has 0 radical (unpaired) electrons. The molecule has 0 spiro atoms. The van der Waals surface area contributed by atoms with Crippen molar-refractivity contribution in [3.05, 3.63) is 35.3 Å². The second kappa shape index (κ2) is 5.96. The quantitative estimate of drug-likeness (QED) is 0.663. The maximum Gasteiger partial charge on any atom is 0.169 e. The van der Waals surface area contributed by atoms with E-state index in [1.807, 2.05) is 6.20 Å². The Labute approximate surface area is 131 Å². The minimum atomic E-state index is -1.67. The molecular weight excluding hydrogens is 272 g/mol. The maximum atomic E-state index is 4.53. The Balaban J connectivity index is 2.64. The van der Waals surface area contributed by atoms with Gasteiger partial charge in [0.25, 0.3) is 0 Å². The Morgan fingerprint density at radius 1 is 1.05 bits per heavy atom. The summed E-state index contributed by atoms with van der Waals surface area (Å²) in [6, 6.07) is 2.32. The van der Waals surface area contributed by atoms with E-state index in [1.54, 1.807) is 0 Å². The molecule has 0 unspecified atom stereocenters. The van der Waals surface area contributed by atoms with Crippen LogP contribution in [0.25, 0.3) is 0 Å². The number of nitrogens with zero attached hydrogens (tertiary/aromatic N) is 2. The Morgan fingerprint density at radius 3 is 2.14 bits per heavy atom. The van der Waals surface area contributed by atoms with Gasteiger partial charge in [-0.2, -0.15) is 0 Å². The van der Waals surface area contributed by atoms with Crippen LogP contribution in [0, 0.1) is 0 Å². The number of hydrogen-bond donors (Lipinski definition) is 0. The van der Waals surface area contributed by atoms with Crippen molar-refractivity contribution in [1.82, 2.24) is 4.23 Å². The van der Waals surface area contributed by atoms with Crippen LogP contribution in [0.1, 0.15) is 59.7 Å². The molecule has 21 heavy (non-hydrogen) atoms. The molecule has 2 nitrogen and oxygen atoms in total. The minimum absolute atomic E-state index is 0.708. The summed E-state index contributed by atoms with van der Waals surface area (Å²) in [6.45, 7) is 16.6. The topological polar surface area (TPSA) is 17.3 Å². The molecule has 1 aliphatic rings. The molecule has 116 valence electrons. The van der Waals surface area contributed by atoms with Gasteiger partial charge in [-0.1, -0.05) is 47.1 Å². The summed E-state index contributed by atoms with van der Waals surface area (Å²) in [6.07, 6.45) is 7.47. The minimum Gasteiger partial charge on any atom is -0.372 e. The Morgan fingerprint density at radius 2 is 1.62 bits per heavy atom. The van der Waals surface area contributed by atoms with E-state index < -0.39 is 8.24 Å². The molecule has 0 saturated carbocycles. The van der Waals surface area contributed by atoms with Crippen LogP contribution in [-0.2, 0) is 6.42 Å². The second-order valence-electron chi connectivity index (χ2n) is 7.38. The van der Waals surface area contributed by atoms with Gasteiger partial charge in [0.1, 0.15) is 0 Å². The molecule has 0 bridgehead atoms. The predicted molar refractivity (Wildman–Crippen MR) is 95.9 cm³/mol. The Hall–Kier alpha value is -1.09. The standard InChI is InChI=1S/C18H30N2Si/c1-13(2)21(14(3)4,15(5)6)20-9-8-17-10-16(7)11-19-12-18(17)20/h8-9,11-15H,10H2,1-7H3. The van der Waals surface area contributed by atoms with Crippen LogP contribution in [0.15, 0.2) is 29.0 Å². The fraction of sp³-hybridized carbons (Fsp3) is 0.611. The van der Waals surface area contributed by atoms with Crippen LogP contribution in [0.5, 0.6) is 0 Å². The van der Waals surface area contributed by atoms with Crippen LogP contribution in [-0.4, -0.2) is 18.7 Å². The first-order valence-corrected chi connectivity index (χ1v) is 10.4. The summed E-state index contributed by atoms with van der Waals surface area (Å²) in [5, 5.41) is 0. The summed E-state index contributed by atoms with van der Waals surface area (Å²) in [4.78, 5) is 4.53. The fourth-order valence-electron chi connectivity index (χ4n) is 4.53. The number of hydrogen-bond acceptors (Lipinski definition) is 1. The molecule has 0 aliphatic carbocycles. The van der Waals surface area contributed by atoms with E-state index >= 15 is 0 Å². The van der Waals surface area contributed by atoms with Gasteiger partial charge in [0.15, 0.2) is 8.24 Å². The Kier molecular flexibility index (Phi) is 4.62. The molecule has 1 aliphatic heterocycles. The van der Waals surface area contributed by atoms with Gasteiger partial charge in [0.2, 0.25) is 0 Å². The SMILES string of the molecule is CC1=CN=Cc2c(ccn2[Si](C(C)C)(C(C)C)C(C)C)C1. The Bertz CT molecular complexity index is 540. The number of rotatable bonds is 4. The molecule has 0 N–H and O–H groups in total. The van der Waals surface area contributed by atoms with E-state index in [0.717, 1.165) is 6.42 Å². The molecule has 0 fully saturated rings. The van der Waals surface area contributed by atoms with Crippen molar-refractivity contribution in [2.45, 2.75) is 71.5 Å². The van der Waals surface area contributed by atoms with Gasteiger partial charge < -0.3 is 4.23 Å². The van der Waals surface area contributed by atoms with Crippen LogP contribution >= 0.6 is 0 Å². The first kappa shape index (κ1) is 16.3. The zero-order valence-electron chi connectivity index (χ0n) is 14.6. The molecule has 2 heterocycles. The van der Waals surface area contributed by atoms with Crippen molar-refractivity contribution >= 4 is 14.5 Å². The van der Waals surface area contributed by atoms with E-state index in [0.29, 0.717) is 16.6 Å². The van der Waals surface area contributed by atoms with Crippen molar-refractivity contribution in [1.29, 1.82) is 0 Å². The van der Waals surface area contributed by atoms with Gasteiger partial charge >= 0.3 is 0 Å². The molecular formula is C18H30N2Si. The molecule has 0 saturated heterocycles. The molecule has 0 atom stereocenters. The lowest BCUT2D eigenvalue weighted by atomic mass is 10.1. The van der Waals surface area contributed by atoms with Crippen LogP contribution in [0.4, 0.5) is 0 Å². The van der Waals surface area contributed by atoms with Gasteiger partial charge in [-0.15, -0.1) is 0 Å². The monoisotopic (exact) mass is 302 g/mol. The highest BCUT2D eigenvalue weighted by Crippen LogP contribution is 2.43. The molecule has 0 aromatic carbocycles. The summed E-state index contributed by atoms with van der Waals surface area (Å²) >= 11 is 0. The highest BCUT2D eigenvalue weighted by atomic mass is 28.3. The third-order valence-electron chi connectivity index (χ3n) is 5.17. The van der Waals surface area contributed by atoms with Gasteiger partial charge in [-0.25, -0.2) is 0 Å². The average Bonchev–Trinajstić information content (AvgIpc) is 2.64. The van der Waals surface area contributed by atoms with Crippen LogP contribution < -0.4 is 0 Å². The maximum absolute atomic E-state index is 4.53. The summed E-state index contributed by atoms with van der Waals surface area (Å²) in [5.74, 6) is 0. The highest BCUT2D eigenvalue weighted by molar-refractivity contribution is 6.82. The second-order valence-corrected chi connectivity index (χ2v) is 13.1. The van der Waals surface area contributed by atoms with Crippen molar-refractivity contribution in [3.8, 4) is 0 Å². The highest BCUT2D eigenvalue weighted by Gasteiger charge is 2.46. The molecule has 1 aromatic heterocycles. The van der Waals surface area contributed by atoms with Crippen molar-refractivity contribution in [2.75, 3.05) is 0 Å². The van der Waals surface area contributed by atoms with Crippen molar-refractivity contribution in [2.24, 2.45) is 4.99 Å². The first-order valence-electron chi connectivity index (χ1n) is 8.21. The van der Waals surface area contributed by atoms with E-state index in [2.05, 4.69) is 76.2 Å².